The van der Waals surface area contributed by atoms with E-state index in [1.54, 1.807) is 0 Å². The first-order chi connectivity index (χ1) is 33.0. The highest BCUT2D eigenvalue weighted by Gasteiger charge is 2.19. The molecule has 0 saturated carbocycles. The number of unbranched alkanes of at least 4 members (excludes halogenated alkanes) is 34. The summed E-state index contributed by atoms with van der Waals surface area (Å²) in [6.07, 6.45) is 69.2. The molecular weight excluding hydrogens is 829 g/mol. The standard InChI is InChI=1S/C61H108O6/c1-4-7-10-13-16-19-22-25-28-30-31-34-36-39-42-45-48-51-54-60(63)66-57-58(56-65-59(62)53-50-47-44-41-38-35-32-27-24-21-18-15-12-9-6-3)67-61(64)55-52-49-46-43-40-37-33-29-26-23-20-17-14-11-8-5-2/h9,12,15,18,21,24,27,29,32-33,58H,4-8,10-11,13-14,16-17,19-20,22-23,25-26,28,30-31,34-57H2,1-3H3/b12-9-,18-15-,24-21-,32-27-,33-29-. The van der Waals surface area contributed by atoms with Crippen LogP contribution in [0, 0.1) is 0 Å². The zero-order valence-electron chi connectivity index (χ0n) is 44.4. The lowest BCUT2D eigenvalue weighted by atomic mass is 10.0. The van der Waals surface area contributed by atoms with Crippen molar-refractivity contribution in [3.8, 4) is 0 Å². The monoisotopic (exact) mass is 937 g/mol. The van der Waals surface area contributed by atoms with Crippen LogP contribution in [0.25, 0.3) is 0 Å². The Morgan fingerprint density at radius 3 is 0.955 bits per heavy atom. The molecule has 1 unspecified atom stereocenters. The van der Waals surface area contributed by atoms with Gasteiger partial charge in [-0.3, -0.25) is 14.4 Å². The van der Waals surface area contributed by atoms with Gasteiger partial charge in [0.1, 0.15) is 13.2 Å². The molecule has 0 aliphatic rings. The molecule has 1 atom stereocenters. The van der Waals surface area contributed by atoms with Gasteiger partial charge in [-0.1, -0.05) is 268 Å². The first-order valence-corrected chi connectivity index (χ1v) is 28.8. The summed E-state index contributed by atoms with van der Waals surface area (Å²) in [4.78, 5) is 38.1. The number of carbonyl (C=O) groups excluding carboxylic acids is 3. The first-order valence-electron chi connectivity index (χ1n) is 28.8. The predicted molar refractivity (Wildman–Crippen MR) is 288 cm³/mol. The minimum absolute atomic E-state index is 0.0827. The van der Waals surface area contributed by atoms with Gasteiger partial charge in [-0.2, -0.15) is 0 Å². The summed E-state index contributed by atoms with van der Waals surface area (Å²) >= 11 is 0. The van der Waals surface area contributed by atoms with Gasteiger partial charge in [-0.05, 0) is 64.2 Å². The third-order valence-electron chi connectivity index (χ3n) is 12.6. The molecule has 0 aromatic heterocycles. The van der Waals surface area contributed by atoms with Crippen molar-refractivity contribution in [3.05, 3.63) is 60.8 Å². The van der Waals surface area contributed by atoms with Gasteiger partial charge in [0, 0.05) is 19.3 Å². The Morgan fingerprint density at radius 2 is 0.597 bits per heavy atom. The largest absolute Gasteiger partial charge is 0.462 e. The number of hydrogen-bond donors (Lipinski definition) is 0. The van der Waals surface area contributed by atoms with E-state index < -0.39 is 6.10 Å². The molecule has 0 bridgehead atoms. The van der Waals surface area contributed by atoms with E-state index in [1.807, 2.05) is 18.2 Å². The second-order valence-electron chi connectivity index (χ2n) is 19.3. The van der Waals surface area contributed by atoms with Crippen LogP contribution in [0.15, 0.2) is 60.8 Å². The highest BCUT2D eigenvalue weighted by molar-refractivity contribution is 5.71. The molecule has 0 aromatic rings. The van der Waals surface area contributed by atoms with Gasteiger partial charge >= 0.3 is 17.9 Å². The van der Waals surface area contributed by atoms with Crippen LogP contribution in [-0.4, -0.2) is 37.2 Å². The van der Waals surface area contributed by atoms with Crippen LogP contribution < -0.4 is 0 Å². The predicted octanol–water partition coefficient (Wildman–Crippen LogP) is 19.2. The average Bonchev–Trinajstić information content (AvgIpc) is 3.33. The molecule has 0 radical (unpaired) electrons. The lowest BCUT2D eigenvalue weighted by Gasteiger charge is -2.18. The zero-order valence-corrected chi connectivity index (χ0v) is 44.4. The summed E-state index contributed by atoms with van der Waals surface area (Å²) < 4.78 is 16.9. The third-order valence-corrected chi connectivity index (χ3v) is 12.6. The van der Waals surface area contributed by atoms with Crippen molar-refractivity contribution in [3.63, 3.8) is 0 Å². The maximum absolute atomic E-state index is 12.8. The van der Waals surface area contributed by atoms with Gasteiger partial charge < -0.3 is 14.2 Å². The van der Waals surface area contributed by atoms with Crippen LogP contribution in [0.4, 0.5) is 0 Å². The Balaban J connectivity index is 4.39. The number of carbonyl (C=O) groups is 3. The molecule has 0 aromatic carbocycles. The Labute approximate surface area is 415 Å². The molecule has 0 spiro atoms. The van der Waals surface area contributed by atoms with E-state index >= 15 is 0 Å². The van der Waals surface area contributed by atoms with Gasteiger partial charge in [-0.25, -0.2) is 0 Å². The van der Waals surface area contributed by atoms with Crippen molar-refractivity contribution in [2.45, 2.75) is 297 Å². The maximum Gasteiger partial charge on any atom is 0.306 e. The number of hydrogen-bond acceptors (Lipinski definition) is 6. The number of allylic oxidation sites excluding steroid dienone is 10. The van der Waals surface area contributed by atoms with Crippen molar-refractivity contribution in [1.82, 2.24) is 0 Å². The van der Waals surface area contributed by atoms with Crippen LogP contribution >= 0.6 is 0 Å². The van der Waals surface area contributed by atoms with Crippen LogP contribution in [0.3, 0.4) is 0 Å². The van der Waals surface area contributed by atoms with Crippen LogP contribution in [-0.2, 0) is 28.6 Å². The van der Waals surface area contributed by atoms with Crippen molar-refractivity contribution < 1.29 is 28.6 Å². The molecular formula is C61H108O6. The van der Waals surface area contributed by atoms with Crippen LogP contribution in [0.1, 0.15) is 290 Å². The van der Waals surface area contributed by atoms with Crippen molar-refractivity contribution in [1.29, 1.82) is 0 Å². The van der Waals surface area contributed by atoms with Gasteiger partial charge in [0.2, 0.25) is 0 Å². The van der Waals surface area contributed by atoms with Crippen molar-refractivity contribution in [2.24, 2.45) is 0 Å². The van der Waals surface area contributed by atoms with E-state index in [1.165, 1.54) is 154 Å². The van der Waals surface area contributed by atoms with Gasteiger partial charge in [0.25, 0.3) is 0 Å². The molecule has 388 valence electrons. The van der Waals surface area contributed by atoms with Crippen LogP contribution in [0.5, 0.6) is 0 Å². The summed E-state index contributed by atoms with van der Waals surface area (Å²) in [6, 6.07) is 0. The normalized spacial score (nSPS) is 12.5. The zero-order chi connectivity index (χ0) is 48.6. The van der Waals surface area contributed by atoms with E-state index in [9.17, 15) is 14.4 Å². The quantitative estimate of drug-likeness (QED) is 0.0199. The fraction of sp³-hybridized carbons (Fsp3) is 0.787. The molecule has 0 amide bonds. The van der Waals surface area contributed by atoms with E-state index in [2.05, 4.69) is 63.3 Å². The summed E-state index contributed by atoms with van der Waals surface area (Å²) in [5, 5.41) is 0. The number of esters is 3. The molecule has 6 heteroatoms. The highest BCUT2D eigenvalue weighted by atomic mass is 16.6. The van der Waals surface area contributed by atoms with Gasteiger partial charge in [0.05, 0.1) is 0 Å². The van der Waals surface area contributed by atoms with Gasteiger partial charge in [0.15, 0.2) is 6.10 Å². The molecule has 0 fully saturated rings. The second kappa shape index (κ2) is 55.7. The molecule has 67 heavy (non-hydrogen) atoms. The number of ether oxygens (including phenoxy) is 3. The summed E-state index contributed by atoms with van der Waals surface area (Å²) in [5.41, 5.74) is 0. The molecule has 0 saturated heterocycles. The second-order valence-corrected chi connectivity index (χ2v) is 19.3. The van der Waals surface area contributed by atoms with E-state index in [0.717, 1.165) is 96.3 Å². The summed E-state index contributed by atoms with van der Waals surface area (Å²) in [7, 11) is 0. The minimum atomic E-state index is -0.787. The van der Waals surface area contributed by atoms with Crippen molar-refractivity contribution >= 4 is 17.9 Å². The summed E-state index contributed by atoms with van der Waals surface area (Å²) in [6.45, 7) is 6.51. The Morgan fingerprint density at radius 1 is 0.313 bits per heavy atom. The first kappa shape index (κ1) is 64.1. The van der Waals surface area contributed by atoms with Gasteiger partial charge in [-0.15, -0.1) is 0 Å². The van der Waals surface area contributed by atoms with Crippen molar-refractivity contribution in [2.75, 3.05) is 13.2 Å². The lowest BCUT2D eigenvalue weighted by molar-refractivity contribution is -0.167. The Kier molecular flexibility index (Phi) is 53.3. The molecule has 6 nitrogen and oxygen atoms in total. The topological polar surface area (TPSA) is 78.9 Å². The molecule has 0 aliphatic carbocycles. The molecule has 0 aliphatic heterocycles. The Bertz CT molecular complexity index is 1210. The lowest BCUT2D eigenvalue weighted by Crippen LogP contribution is -2.30. The summed E-state index contributed by atoms with van der Waals surface area (Å²) in [5.74, 6) is -0.902. The smallest absolute Gasteiger partial charge is 0.306 e. The third kappa shape index (κ3) is 53.9. The van der Waals surface area contributed by atoms with E-state index in [4.69, 9.17) is 14.2 Å². The number of rotatable bonds is 52. The minimum Gasteiger partial charge on any atom is -0.462 e. The fourth-order valence-electron chi connectivity index (χ4n) is 8.27. The average molecular weight is 938 g/mol. The maximum atomic E-state index is 12.8. The fourth-order valence-corrected chi connectivity index (χ4v) is 8.27. The SMILES string of the molecule is CC\C=C/C=C\C=C/C=C\CCCCCCCC(=O)OCC(COC(=O)CCCCCCCCCCCCCCCCCCCC)OC(=O)CCCCCCC/C=C\CCCCCCCCC. The molecule has 0 heterocycles. The highest BCUT2D eigenvalue weighted by Crippen LogP contribution is 2.16. The Hall–Kier alpha value is -2.89. The molecule has 0 N–H and O–H groups in total. The van der Waals surface area contributed by atoms with E-state index in [-0.39, 0.29) is 31.1 Å². The van der Waals surface area contributed by atoms with Crippen LogP contribution in [0.2, 0.25) is 0 Å². The van der Waals surface area contributed by atoms with E-state index in [0.29, 0.717) is 19.3 Å². The molecule has 0 rings (SSSR count).